The molecule has 1 saturated carbocycles. The summed E-state index contributed by atoms with van der Waals surface area (Å²) in [7, 11) is 0. The maximum Gasteiger partial charge on any atom is 0.129 e. The predicted octanol–water partition coefficient (Wildman–Crippen LogP) is 1.62. The summed E-state index contributed by atoms with van der Waals surface area (Å²) in [6, 6.07) is 3.95. The molecule has 2 N–H and O–H groups in total. The Morgan fingerprint density at radius 1 is 1.38 bits per heavy atom. The fourth-order valence-corrected chi connectivity index (χ4v) is 1.60. The average molecular weight is 227 g/mol. The van der Waals surface area contributed by atoms with Crippen molar-refractivity contribution in [2.45, 2.75) is 31.4 Å². The molecule has 0 spiro atoms. The standard InChI is InChI=1S/C12H15F2NO/c13-9-2-1-8(12(14)6-9)5-11(16)7-15-10-3-4-10/h1-2,6,10-11,15-16H,3-5,7H2. The topological polar surface area (TPSA) is 32.3 Å². The molecule has 0 radical (unpaired) electrons. The highest BCUT2D eigenvalue weighted by Gasteiger charge is 2.21. The molecule has 2 nitrogen and oxygen atoms in total. The average Bonchev–Trinajstić information content (AvgIpc) is 3.03. The molecule has 4 heteroatoms. The number of hydrogen-bond donors (Lipinski definition) is 2. The van der Waals surface area contributed by atoms with Crippen LogP contribution in [0.5, 0.6) is 0 Å². The minimum Gasteiger partial charge on any atom is -0.391 e. The van der Waals surface area contributed by atoms with Crippen molar-refractivity contribution >= 4 is 0 Å². The van der Waals surface area contributed by atoms with Crippen LogP contribution in [0, 0.1) is 11.6 Å². The fraction of sp³-hybridized carbons (Fsp3) is 0.500. The lowest BCUT2D eigenvalue weighted by Gasteiger charge is -2.12. The van der Waals surface area contributed by atoms with Gasteiger partial charge in [-0.1, -0.05) is 6.07 Å². The monoisotopic (exact) mass is 227 g/mol. The van der Waals surface area contributed by atoms with E-state index in [-0.39, 0.29) is 6.42 Å². The Labute approximate surface area is 93.3 Å². The lowest BCUT2D eigenvalue weighted by molar-refractivity contribution is 0.170. The van der Waals surface area contributed by atoms with E-state index in [9.17, 15) is 13.9 Å². The van der Waals surface area contributed by atoms with Gasteiger partial charge in [-0.3, -0.25) is 0 Å². The molecule has 1 aliphatic carbocycles. The van der Waals surface area contributed by atoms with Crippen molar-refractivity contribution in [3.05, 3.63) is 35.4 Å². The van der Waals surface area contributed by atoms with Crippen LogP contribution >= 0.6 is 0 Å². The van der Waals surface area contributed by atoms with Crippen LogP contribution in [0.1, 0.15) is 18.4 Å². The smallest absolute Gasteiger partial charge is 0.129 e. The van der Waals surface area contributed by atoms with Crippen LogP contribution in [0.15, 0.2) is 18.2 Å². The molecule has 1 unspecified atom stereocenters. The number of nitrogens with one attached hydrogen (secondary N) is 1. The van der Waals surface area contributed by atoms with Gasteiger partial charge in [0.2, 0.25) is 0 Å². The van der Waals surface area contributed by atoms with E-state index in [1.165, 1.54) is 12.1 Å². The van der Waals surface area contributed by atoms with Crippen molar-refractivity contribution in [2.24, 2.45) is 0 Å². The highest BCUT2D eigenvalue weighted by atomic mass is 19.1. The van der Waals surface area contributed by atoms with Crippen molar-refractivity contribution < 1.29 is 13.9 Å². The minimum atomic E-state index is -0.624. The van der Waals surface area contributed by atoms with E-state index in [1.807, 2.05) is 0 Å². The summed E-state index contributed by atoms with van der Waals surface area (Å²) in [5.74, 6) is -1.18. The SMILES string of the molecule is OC(CNC1CC1)Cc1ccc(F)cc1F. The largest absolute Gasteiger partial charge is 0.391 e. The van der Waals surface area contributed by atoms with Gasteiger partial charge in [0.25, 0.3) is 0 Å². The first-order valence-electron chi connectivity index (χ1n) is 5.50. The van der Waals surface area contributed by atoms with Gasteiger partial charge in [-0.15, -0.1) is 0 Å². The van der Waals surface area contributed by atoms with E-state index in [2.05, 4.69) is 5.32 Å². The predicted molar refractivity (Wildman–Crippen MR) is 57.1 cm³/mol. The first-order valence-corrected chi connectivity index (χ1v) is 5.50. The molecule has 0 aliphatic heterocycles. The quantitative estimate of drug-likeness (QED) is 0.801. The van der Waals surface area contributed by atoms with Crippen LogP contribution < -0.4 is 5.32 Å². The molecule has 1 fully saturated rings. The van der Waals surface area contributed by atoms with Crippen LogP contribution in [0.25, 0.3) is 0 Å². The summed E-state index contributed by atoms with van der Waals surface area (Å²) in [5, 5.41) is 12.8. The Hall–Kier alpha value is -1.00. The van der Waals surface area contributed by atoms with E-state index >= 15 is 0 Å². The molecule has 88 valence electrons. The van der Waals surface area contributed by atoms with Crippen molar-refractivity contribution in [3.63, 3.8) is 0 Å². The maximum absolute atomic E-state index is 13.3. The number of hydrogen-bond acceptors (Lipinski definition) is 2. The Kier molecular flexibility index (Phi) is 3.51. The Bertz CT molecular complexity index is 366. The van der Waals surface area contributed by atoms with Gasteiger partial charge in [-0.25, -0.2) is 8.78 Å². The van der Waals surface area contributed by atoms with Crippen molar-refractivity contribution in [1.82, 2.24) is 5.32 Å². The second-order valence-electron chi connectivity index (χ2n) is 4.28. The third-order valence-electron chi connectivity index (χ3n) is 2.69. The molecule has 1 aliphatic rings. The van der Waals surface area contributed by atoms with Crippen molar-refractivity contribution in [3.8, 4) is 0 Å². The zero-order valence-electron chi connectivity index (χ0n) is 8.92. The molecule has 0 aromatic heterocycles. The van der Waals surface area contributed by atoms with Crippen LogP contribution in [-0.2, 0) is 6.42 Å². The number of rotatable bonds is 5. The molecule has 0 saturated heterocycles. The second kappa shape index (κ2) is 4.89. The summed E-state index contributed by atoms with van der Waals surface area (Å²) in [5.41, 5.74) is 0.353. The highest BCUT2D eigenvalue weighted by molar-refractivity contribution is 5.19. The summed E-state index contributed by atoms with van der Waals surface area (Å²) in [4.78, 5) is 0. The maximum atomic E-state index is 13.3. The van der Waals surface area contributed by atoms with Gasteiger partial charge in [-0.2, -0.15) is 0 Å². The van der Waals surface area contributed by atoms with Gasteiger partial charge in [-0.05, 0) is 24.5 Å². The van der Waals surface area contributed by atoms with Gasteiger partial charge >= 0.3 is 0 Å². The Morgan fingerprint density at radius 2 is 2.12 bits per heavy atom. The van der Waals surface area contributed by atoms with E-state index in [0.717, 1.165) is 18.9 Å². The highest BCUT2D eigenvalue weighted by Crippen LogP contribution is 2.18. The van der Waals surface area contributed by atoms with Crippen LogP contribution in [-0.4, -0.2) is 23.8 Å². The molecule has 16 heavy (non-hydrogen) atoms. The van der Waals surface area contributed by atoms with Gasteiger partial charge in [0.15, 0.2) is 0 Å². The molecule has 1 aromatic carbocycles. The van der Waals surface area contributed by atoms with E-state index in [1.54, 1.807) is 0 Å². The van der Waals surface area contributed by atoms with Crippen LogP contribution in [0.3, 0.4) is 0 Å². The lowest BCUT2D eigenvalue weighted by atomic mass is 10.1. The van der Waals surface area contributed by atoms with Crippen LogP contribution in [0.2, 0.25) is 0 Å². The van der Waals surface area contributed by atoms with E-state index in [4.69, 9.17) is 0 Å². The fourth-order valence-electron chi connectivity index (χ4n) is 1.60. The molecule has 1 atom stereocenters. The first kappa shape index (κ1) is 11.5. The van der Waals surface area contributed by atoms with Crippen molar-refractivity contribution in [2.75, 3.05) is 6.54 Å². The molecule has 0 bridgehead atoms. The molecular weight excluding hydrogens is 212 g/mol. The van der Waals surface area contributed by atoms with E-state index in [0.29, 0.717) is 18.2 Å². The second-order valence-corrected chi connectivity index (χ2v) is 4.28. The molecule has 2 rings (SSSR count). The lowest BCUT2D eigenvalue weighted by Crippen LogP contribution is -2.30. The van der Waals surface area contributed by atoms with Gasteiger partial charge < -0.3 is 10.4 Å². The molecule has 1 aromatic rings. The summed E-state index contributed by atoms with van der Waals surface area (Å²) in [6.45, 7) is 0.460. The van der Waals surface area contributed by atoms with Crippen LogP contribution in [0.4, 0.5) is 8.78 Å². The van der Waals surface area contributed by atoms with E-state index < -0.39 is 17.7 Å². The summed E-state index contributed by atoms with van der Waals surface area (Å²) in [6.07, 6.45) is 1.89. The summed E-state index contributed by atoms with van der Waals surface area (Å²) >= 11 is 0. The number of benzene rings is 1. The zero-order valence-corrected chi connectivity index (χ0v) is 8.92. The number of aliphatic hydroxyl groups is 1. The molecule has 0 heterocycles. The third-order valence-corrected chi connectivity index (χ3v) is 2.69. The molecule has 0 amide bonds. The first-order chi connectivity index (χ1) is 7.65. The normalized spacial score (nSPS) is 17.4. The zero-order chi connectivity index (χ0) is 11.5. The Morgan fingerprint density at radius 3 is 2.75 bits per heavy atom. The van der Waals surface area contributed by atoms with Gasteiger partial charge in [0.1, 0.15) is 11.6 Å². The number of aliphatic hydroxyl groups excluding tert-OH is 1. The third kappa shape index (κ3) is 3.25. The minimum absolute atomic E-state index is 0.214. The number of halogens is 2. The molecular formula is C12H15F2NO. The van der Waals surface area contributed by atoms with Gasteiger partial charge in [0, 0.05) is 25.1 Å². The van der Waals surface area contributed by atoms with Gasteiger partial charge in [0.05, 0.1) is 6.10 Å². The van der Waals surface area contributed by atoms with Crippen molar-refractivity contribution in [1.29, 1.82) is 0 Å². The Balaban J connectivity index is 1.86. The summed E-state index contributed by atoms with van der Waals surface area (Å²) < 4.78 is 25.9.